The standard InChI is InChI=1S/C18H22ClFN6O2/c1-28-18-11(19)6-9(8-23-18)24-16-10(15(22)27)7-12(20)17(26-16)25-14-5-3-2-4-13(14)21/h6-8,13-14H,2-5,21H2,1H3,(H2,22,27)(H2,24,25,26). The summed E-state index contributed by atoms with van der Waals surface area (Å²) in [5.41, 5.74) is 11.8. The van der Waals surface area contributed by atoms with Crippen LogP contribution in [0.25, 0.3) is 0 Å². The number of hydrogen-bond acceptors (Lipinski definition) is 7. The zero-order valence-electron chi connectivity index (χ0n) is 15.3. The highest BCUT2D eigenvalue weighted by atomic mass is 35.5. The summed E-state index contributed by atoms with van der Waals surface area (Å²) in [5.74, 6) is -1.15. The maximum Gasteiger partial charge on any atom is 0.252 e. The molecule has 0 bridgehead atoms. The molecule has 28 heavy (non-hydrogen) atoms. The van der Waals surface area contributed by atoms with Crippen LogP contribution in [0, 0.1) is 5.82 Å². The van der Waals surface area contributed by atoms with Gasteiger partial charge in [-0.15, -0.1) is 0 Å². The average molecular weight is 409 g/mol. The molecular formula is C18H22ClFN6O2. The van der Waals surface area contributed by atoms with Crippen LogP contribution in [-0.2, 0) is 0 Å². The Balaban J connectivity index is 1.92. The molecule has 1 saturated carbocycles. The molecule has 1 fully saturated rings. The number of rotatable bonds is 6. The lowest BCUT2D eigenvalue weighted by molar-refractivity contribution is 0.100. The number of pyridine rings is 2. The highest BCUT2D eigenvalue weighted by molar-refractivity contribution is 6.32. The van der Waals surface area contributed by atoms with Gasteiger partial charge >= 0.3 is 0 Å². The average Bonchev–Trinajstić information content (AvgIpc) is 2.66. The number of hydrogen-bond donors (Lipinski definition) is 4. The summed E-state index contributed by atoms with van der Waals surface area (Å²) in [5, 5.41) is 6.23. The SMILES string of the molecule is COc1ncc(Nc2nc(NC3CCCCC3N)c(F)cc2C(N)=O)cc1Cl. The minimum absolute atomic E-state index is 0.00224. The Bertz CT molecular complexity index is 881. The van der Waals surface area contributed by atoms with Gasteiger partial charge in [-0.2, -0.15) is 0 Å². The van der Waals surface area contributed by atoms with Gasteiger partial charge in [-0.25, -0.2) is 14.4 Å². The normalized spacial score (nSPS) is 19.1. The van der Waals surface area contributed by atoms with Crippen LogP contribution in [0.15, 0.2) is 18.3 Å². The summed E-state index contributed by atoms with van der Waals surface area (Å²) in [6, 6.07) is 2.41. The zero-order chi connectivity index (χ0) is 20.3. The van der Waals surface area contributed by atoms with E-state index in [0.29, 0.717) is 5.69 Å². The molecule has 0 spiro atoms. The lowest BCUT2D eigenvalue weighted by Gasteiger charge is -2.30. The molecule has 0 radical (unpaired) electrons. The van der Waals surface area contributed by atoms with Gasteiger partial charge in [-0.3, -0.25) is 4.79 Å². The van der Waals surface area contributed by atoms with Crippen molar-refractivity contribution >= 4 is 34.8 Å². The molecule has 8 nitrogen and oxygen atoms in total. The van der Waals surface area contributed by atoms with Crippen molar-refractivity contribution in [3.8, 4) is 5.88 Å². The highest BCUT2D eigenvalue weighted by Gasteiger charge is 2.24. The van der Waals surface area contributed by atoms with E-state index in [1.807, 2.05) is 0 Å². The maximum absolute atomic E-state index is 14.5. The van der Waals surface area contributed by atoms with Gasteiger partial charge in [0.2, 0.25) is 5.88 Å². The molecule has 1 amide bonds. The monoisotopic (exact) mass is 408 g/mol. The lowest BCUT2D eigenvalue weighted by atomic mass is 9.91. The van der Waals surface area contributed by atoms with Gasteiger partial charge in [-0.1, -0.05) is 24.4 Å². The number of carbonyl (C=O) groups excluding carboxylic acids is 1. The van der Waals surface area contributed by atoms with Crippen molar-refractivity contribution in [1.29, 1.82) is 0 Å². The molecular weight excluding hydrogens is 387 g/mol. The fraction of sp³-hybridized carbons (Fsp3) is 0.389. The number of anilines is 3. The van der Waals surface area contributed by atoms with Crippen molar-refractivity contribution in [3.05, 3.63) is 34.7 Å². The zero-order valence-corrected chi connectivity index (χ0v) is 16.1. The van der Waals surface area contributed by atoms with Crippen LogP contribution in [0.5, 0.6) is 5.88 Å². The maximum atomic E-state index is 14.5. The van der Waals surface area contributed by atoms with E-state index in [9.17, 15) is 9.18 Å². The number of ether oxygens (including phenoxy) is 1. The van der Waals surface area contributed by atoms with Crippen molar-refractivity contribution in [1.82, 2.24) is 9.97 Å². The highest BCUT2D eigenvalue weighted by Crippen LogP contribution is 2.29. The number of nitrogens with two attached hydrogens (primary N) is 2. The fourth-order valence-electron chi connectivity index (χ4n) is 3.17. The molecule has 2 unspecified atom stereocenters. The van der Waals surface area contributed by atoms with Crippen molar-refractivity contribution in [2.24, 2.45) is 11.5 Å². The van der Waals surface area contributed by atoms with Crippen LogP contribution in [0.2, 0.25) is 5.02 Å². The first-order chi connectivity index (χ1) is 13.4. The number of amides is 1. The van der Waals surface area contributed by atoms with Gasteiger partial charge in [0.1, 0.15) is 10.8 Å². The molecule has 0 aliphatic heterocycles. The van der Waals surface area contributed by atoms with Crippen molar-refractivity contribution in [2.45, 2.75) is 37.8 Å². The van der Waals surface area contributed by atoms with Crippen molar-refractivity contribution in [3.63, 3.8) is 0 Å². The van der Waals surface area contributed by atoms with Crippen LogP contribution in [0.1, 0.15) is 36.0 Å². The van der Waals surface area contributed by atoms with Gasteiger partial charge in [-0.05, 0) is 25.0 Å². The molecule has 0 aromatic carbocycles. The van der Waals surface area contributed by atoms with E-state index in [4.69, 9.17) is 27.8 Å². The van der Waals surface area contributed by atoms with Crippen LogP contribution in [0.4, 0.5) is 21.7 Å². The summed E-state index contributed by atoms with van der Waals surface area (Å²) in [7, 11) is 1.45. The smallest absolute Gasteiger partial charge is 0.252 e. The number of aromatic nitrogens is 2. The van der Waals surface area contributed by atoms with Gasteiger partial charge in [0.05, 0.1) is 24.6 Å². The quantitative estimate of drug-likeness (QED) is 0.578. The summed E-state index contributed by atoms with van der Waals surface area (Å²) in [4.78, 5) is 20.0. The molecule has 2 heterocycles. The first kappa shape index (κ1) is 20.1. The summed E-state index contributed by atoms with van der Waals surface area (Å²) in [6.07, 6.45) is 5.19. The van der Waals surface area contributed by atoms with Crippen molar-refractivity contribution in [2.75, 3.05) is 17.7 Å². The number of halogens is 2. The summed E-state index contributed by atoms with van der Waals surface area (Å²) in [6.45, 7) is 0. The molecule has 1 aliphatic rings. The van der Waals surface area contributed by atoms with E-state index in [-0.39, 0.29) is 40.2 Å². The molecule has 150 valence electrons. The van der Waals surface area contributed by atoms with E-state index >= 15 is 0 Å². The van der Waals surface area contributed by atoms with Crippen LogP contribution in [0.3, 0.4) is 0 Å². The largest absolute Gasteiger partial charge is 0.480 e. The molecule has 2 aromatic rings. The topological polar surface area (TPSA) is 128 Å². The number of nitrogens with one attached hydrogen (secondary N) is 2. The van der Waals surface area contributed by atoms with Crippen molar-refractivity contribution < 1.29 is 13.9 Å². The Morgan fingerprint density at radius 2 is 2.07 bits per heavy atom. The van der Waals surface area contributed by atoms with Crippen LogP contribution < -0.4 is 26.8 Å². The molecule has 3 rings (SSSR count). The Morgan fingerprint density at radius 1 is 1.32 bits per heavy atom. The van der Waals surface area contributed by atoms with E-state index in [1.165, 1.54) is 13.3 Å². The Labute approximate surface area is 166 Å². The first-order valence-electron chi connectivity index (χ1n) is 8.88. The lowest BCUT2D eigenvalue weighted by Crippen LogP contribution is -2.43. The second-order valence-corrected chi connectivity index (χ2v) is 7.03. The second-order valence-electron chi connectivity index (χ2n) is 6.62. The minimum Gasteiger partial charge on any atom is -0.480 e. The van der Waals surface area contributed by atoms with E-state index < -0.39 is 11.7 Å². The number of carbonyl (C=O) groups is 1. The number of nitrogens with zero attached hydrogens (tertiary/aromatic N) is 2. The minimum atomic E-state index is -0.817. The first-order valence-corrected chi connectivity index (χ1v) is 9.26. The van der Waals surface area contributed by atoms with Gasteiger partial charge in [0.25, 0.3) is 5.91 Å². The number of methoxy groups -OCH3 is 1. The predicted octanol–water partition coefficient (Wildman–Crippen LogP) is 2.80. The number of primary amides is 1. The van der Waals surface area contributed by atoms with E-state index in [2.05, 4.69) is 20.6 Å². The van der Waals surface area contributed by atoms with Crippen LogP contribution >= 0.6 is 11.6 Å². The molecule has 1 aliphatic carbocycles. The third-order valence-corrected chi connectivity index (χ3v) is 4.92. The molecule has 2 atom stereocenters. The molecule has 6 N–H and O–H groups in total. The third kappa shape index (κ3) is 4.42. The molecule has 10 heteroatoms. The summed E-state index contributed by atoms with van der Waals surface area (Å²) < 4.78 is 19.5. The van der Waals surface area contributed by atoms with E-state index in [1.54, 1.807) is 6.07 Å². The Morgan fingerprint density at radius 3 is 2.71 bits per heavy atom. The van der Waals surface area contributed by atoms with Gasteiger partial charge in [0.15, 0.2) is 11.6 Å². The predicted molar refractivity (Wildman–Crippen MR) is 106 cm³/mol. The second kappa shape index (κ2) is 8.57. The van der Waals surface area contributed by atoms with Gasteiger partial charge in [0, 0.05) is 12.1 Å². The Kier molecular flexibility index (Phi) is 6.15. The summed E-state index contributed by atoms with van der Waals surface area (Å²) >= 11 is 6.07. The molecule has 0 saturated heterocycles. The van der Waals surface area contributed by atoms with Crippen LogP contribution in [-0.4, -0.2) is 35.1 Å². The van der Waals surface area contributed by atoms with E-state index in [0.717, 1.165) is 31.7 Å². The molecule has 2 aromatic heterocycles. The third-order valence-electron chi connectivity index (χ3n) is 4.65. The van der Waals surface area contributed by atoms with Gasteiger partial charge < -0.3 is 26.8 Å². The fourth-order valence-corrected chi connectivity index (χ4v) is 3.41. The Hall–Kier alpha value is -2.65.